The van der Waals surface area contributed by atoms with E-state index in [-0.39, 0.29) is 11.8 Å². The largest absolute Gasteiger partial charge is 0.480 e. The van der Waals surface area contributed by atoms with Gasteiger partial charge in [-0.05, 0) is 56.3 Å². The number of carboxylic acid groups (broad SMARTS) is 1. The van der Waals surface area contributed by atoms with Crippen molar-refractivity contribution in [1.29, 1.82) is 0 Å². The van der Waals surface area contributed by atoms with Gasteiger partial charge in [-0.3, -0.25) is 4.79 Å². The summed E-state index contributed by atoms with van der Waals surface area (Å²) in [6.45, 7) is 2.15. The molecule has 2 fully saturated rings. The molecule has 0 saturated heterocycles. The monoisotopic (exact) mass is 291 g/mol. The van der Waals surface area contributed by atoms with Crippen LogP contribution in [-0.2, 0) is 9.59 Å². The van der Waals surface area contributed by atoms with Gasteiger partial charge in [0, 0.05) is 5.92 Å². The van der Waals surface area contributed by atoms with Crippen molar-refractivity contribution in [3.8, 4) is 0 Å². The Morgan fingerprint density at radius 2 is 1.95 bits per heavy atom. The number of hydrogen-bond donors (Lipinski definition) is 2. The number of hydrogen-bond acceptors (Lipinski definition) is 2. The minimum atomic E-state index is -1.02. The molecule has 3 atom stereocenters. The van der Waals surface area contributed by atoms with Gasteiger partial charge in [0.1, 0.15) is 5.54 Å². The lowest BCUT2D eigenvalue weighted by molar-refractivity contribution is -0.150. The first-order chi connectivity index (χ1) is 10.0. The van der Waals surface area contributed by atoms with Crippen LogP contribution in [0.5, 0.6) is 0 Å². The summed E-state index contributed by atoms with van der Waals surface area (Å²) in [6, 6.07) is 0. The van der Waals surface area contributed by atoms with Gasteiger partial charge in [0.05, 0.1) is 0 Å². The fourth-order valence-corrected chi connectivity index (χ4v) is 4.38. The first kappa shape index (κ1) is 14.6. The second-order valence-electron chi connectivity index (χ2n) is 7.11. The molecule has 0 radical (unpaired) electrons. The molecule has 4 nitrogen and oxygen atoms in total. The lowest BCUT2D eigenvalue weighted by Crippen LogP contribution is -2.57. The molecular weight excluding hydrogens is 266 g/mol. The summed E-state index contributed by atoms with van der Waals surface area (Å²) in [6.07, 6.45) is 10.3. The first-order valence-electron chi connectivity index (χ1n) is 8.28. The molecule has 4 heteroatoms. The molecule has 0 aliphatic heterocycles. The van der Waals surface area contributed by atoms with E-state index in [4.69, 9.17) is 0 Å². The fourth-order valence-electron chi connectivity index (χ4n) is 4.38. The molecule has 0 aromatic heterocycles. The van der Waals surface area contributed by atoms with Crippen LogP contribution in [-0.4, -0.2) is 22.5 Å². The molecule has 116 valence electrons. The Labute approximate surface area is 126 Å². The summed E-state index contributed by atoms with van der Waals surface area (Å²) in [5, 5.41) is 12.6. The number of nitrogens with one attached hydrogen (secondary N) is 1. The third-order valence-corrected chi connectivity index (χ3v) is 5.92. The van der Waals surface area contributed by atoms with E-state index in [1.165, 1.54) is 0 Å². The molecule has 0 heterocycles. The summed E-state index contributed by atoms with van der Waals surface area (Å²) in [7, 11) is 0. The van der Waals surface area contributed by atoms with E-state index in [1.807, 2.05) is 0 Å². The van der Waals surface area contributed by atoms with Crippen LogP contribution < -0.4 is 5.32 Å². The predicted octanol–water partition coefficient (Wildman–Crippen LogP) is 2.74. The summed E-state index contributed by atoms with van der Waals surface area (Å²) >= 11 is 0. The van der Waals surface area contributed by atoms with E-state index >= 15 is 0 Å². The highest BCUT2D eigenvalue weighted by Gasteiger charge is 2.46. The number of aliphatic carboxylic acids is 1. The summed E-state index contributed by atoms with van der Waals surface area (Å²) in [4.78, 5) is 24.3. The van der Waals surface area contributed by atoms with Gasteiger partial charge in [-0.25, -0.2) is 4.79 Å². The molecule has 3 aliphatic carbocycles. The number of allylic oxidation sites excluding steroid dienone is 2. The number of amides is 1. The molecule has 3 rings (SSSR count). The summed E-state index contributed by atoms with van der Waals surface area (Å²) in [5.41, 5.74) is -1.02. The van der Waals surface area contributed by atoms with Gasteiger partial charge in [-0.1, -0.05) is 25.5 Å². The highest BCUT2D eigenvalue weighted by atomic mass is 16.4. The van der Waals surface area contributed by atoms with Gasteiger partial charge in [0.15, 0.2) is 0 Å². The van der Waals surface area contributed by atoms with E-state index < -0.39 is 11.5 Å². The van der Waals surface area contributed by atoms with Crippen LogP contribution in [0, 0.1) is 23.7 Å². The Balaban J connectivity index is 1.67. The molecular formula is C17H25NO3. The molecule has 0 spiro atoms. The third kappa shape index (κ3) is 2.60. The molecule has 21 heavy (non-hydrogen) atoms. The van der Waals surface area contributed by atoms with Crippen molar-refractivity contribution in [1.82, 2.24) is 5.32 Å². The Morgan fingerprint density at radius 1 is 1.24 bits per heavy atom. The zero-order valence-corrected chi connectivity index (χ0v) is 12.7. The highest BCUT2D eigenvalue weighted by molar-refractivity contribution is 5.88. The molecule has 2 N–H and O–H groups in total. The maximum absolute atomic E-state index is 12.6. The van der Waals surface area contributed by atoms with Crippen LogP contribution in [0.2, 0.25) is 0 Å². The van der Waals surface area contributed by atoms with Gasteiger partial charge in [-0.2, -0.15) is 0 Å². The lowest BCUT2D eigenvalue weighted by atomic mass is 9.75. The van der Waals surface area contributed by atoms with Crippen LogP contribution in [0.1, 0.15) is 51.9 Å². The van der Waals surface area contributed by atoms with Crippen molar-refractivity contribution in [2.45, 2.75) is 57.4 Å². The standard InChI is InChI=1S/C17H25NO3/c1-2-11-5-7-17(8-6-11,16(20)21)18-15(19)14-10-12-3-4-13(14)9-12/h3-4,11-14H,2,5-10H2,1H3,(H,18,19)(H,20,21). The van der Waals surface area contributed by atoms with Crippen molar-refractivity contribution in [3.05, 3.63) is 12.2 Å². The summed E-state index contributed by atoms with van der Waals surface area (Å²) < 4.78 is 0. The van der Waals surface area contributed by atoms with E-state index in [9.17, 15) is 14.7 Å². The molecule has 2 bridgehead atoms. The summed E-state index contributed by atoms with van der Waals surface area (Å²) in [5.74, 6) is 0.559. The fraction of sp³-hybridized carbons (Fsp3) is 0.765. The van der Waals surface area contributed by atoms with Crippen LogP contribution in [0.3, 0.4) is 0 Å². The van der Waals surface area contributed by atoms with Crippen LogP contribution >= 0.6 is 0 Å². The molecule has 2 saturated carbocycles. The van der Waals surface area contributed by atoms with Gasteiger partial charge < -0.3 is 10.4 Å². The van der Waals surface area contributed by atoms with E-state index in [1.54, 1.807) is 0 Å². The smallest absolute Gasteiger partial charge is 0.329 e. The van der Waals surface area contributed by atoms with E-state index in [2.05, 4.69) is 24.4 Å². The molecule has 0 aromatic rings. The van der Waals surface area contributed by atoms with Crippen molar-refractivity contribution >= 4 is 11.9 Å². The van der Waals surface area contributed by atoms with Gasteiger partial charge >= 0.3 is 5.97 Å². The number of fused-ring (bicyclic) bond motifs is 2. The molecule has 1 amide bonds. The Morgan fingerprint density at radius 3 is 2.43 bits per heavy atom. The lowest BCUT2D eigenvalue weighted by Gasteiger charge is -2.38. The quantitative estimate of drug-likeness (QED) is 0.783. The molecule has 3 aliphatic rings. The normalized spacial score (nSPS) is 41.2. The maximum atomic E-state index is 12.6. The second kappa shape index (κ2) is 5.47. The Bertz CT molecular complexity index is 463. The molecule has 3 unspecified atom stereocenters. The van der Waals surface area contributed by atoms with Gasteiger partial charge in [-0.15, -0.1) is 0 Å². The van der Waals surface area contributed by atoms with Crippen molar-refractivity contribution in [2.24, 2.45) is 23.7 Å². The Kier molecular flexibility index (Phi) is 3.80. The predicted molar refractivity (Wildman–Crippen MR) is 79.6 cm³/mol. The number of carbonyl (C=O) groups is 2. The average molecular weight is 291 g/mol. The maximum Gasteiger partial charge on any atom is 0.329 e. The SMILES string of the molecule is CCC1CCC(NC(=O)C2CC3C=CC2C3)(C(=O)O)CC1. The minimum absolute atomic E-state index is 0.0138. The Hall–Kier alpha value is -1.32. The topological polar surface area (TPSA) is 66.4 Å². The van der Waals surface area contributed by atoms with E-state index in [0.717, 1.165) is 32.1 Å². The number of carbonyl (C=O) groups excluding carboxylic acids is 1. The number of carboxylic acids is 1. The second-order valence-corrected chi connectivity index (χ2v) is 7.11. The van der Waals surface area contributed by atoms with Crippen LogP contribution in [0.4, 0.5) is 0 Å². The van der Waals surface area contributed by atoms with Crippen molar-refractivity contribution in [3.63, 3.8) is 0 Å². The van der Waals surface area contributed by atoms with Crippen LogP contribution in [0.25, 0.3) is 0 Å². The first-order valence-corrected chi connectivity index (χ1v) is 8.28. The zero-order valence-electron chi connectivity index (χ0n) is 12.7. The highest BCUT2D eigenvalue weighted by Crippen LogP contribution is 2.44. The van der Waals surface area contributed by atoms with Gasteiger partial charge in [0.2, 0.25) is 5.91 Å². The van der Waals surface area contributed by atoms with Crippen molar-refractivity contribution in [2.75, 3.05) is 0 Å². The van der Waals surface area contributed by atoms with Gasteiger partial charge in [0.25, 0.3) is 0 Å². The zero-order chi connectivity index (χ0) is 15.0. The average Bonchev–Trinajstić information content (AvgIpc) is 3.10. The van der Waals surface area contributed by atoms with E-state index in [0.29, 0.717) is 30.6 Å². The number of rotatable bonds is 4. The molecule has 0 aromatic carbocycles. The minimum Gasteiger partial charge on any atom is -0.480 e. The van der Waals surface area contributed by atoms with Crippen LogP contribution in [0.15, 0.2) is 12.2 Å². The van der Waals surface area contributed by atoms with Crippen molar-refractivity contribution < 1.29 is 14.7 Å². The third-order valence-electron chi connectivity index (χ3n) is 5.92.